The number of benzene rings is 1. The SMILES string of the molecule is C1CCCC1.CCOCC.[Li+].[c-]1ccccc1. The van der Waals surface area contributed by atoms with E-state index in [1.54, 1.807) is 0 Å². The second-order valence-electron chi connectivity index (χ2n) is 3.63. The number of hydrogen-bond donors (Lipinski definition) is 0. The molecule has 0 spiro atoms. The van der Waals surface area contributed by atoms with Crippen LogP contribution in [0.2, 0.25) is 0 Å². The minimum Gasteiger partial charge on any atom is -0.382 e. The van der Waals surface area contributed by atoms with Crippen molar-refractivity contribution in [2.75, 3.05) is 13.2 Å². The van der Waals surface area contributed by atoms with Gasteiger partial charge in [-0.3, -0.25) is 0 Å². The summed E-state index contributed by atoms with van der Waals surface area (Å²) in [5.74, 6) is 0. The van der Waals surface area contributed by atoms with Gasteiger partial charge in [-0.05, 0) is 13.8 Å². The van der Waals surface area contributed by atoms with Gasteiger partial charge in [0.15, 0.2) is 0 Å². The molecule has 0 saturated heterocycles. The van der Waals surface area contributed by atoms with Crippen LogP contribution in [0.15, 0.2) is 30.3 Å². The van der Waals surface area contributed by atoms with Crippen LogP contribution in [0.25, 0.3) is 0 Å². The first-order chi connectivity index (χ1) is 7.91. The van der Waals surface area contributed by atoms with E-state index in [9.17, 15) is 0 Å². The maximum atomic E-state index is 4.83. The molecule has 92 valence electrons. The van der Waals surface area contributed by atoms with Gasteiger partial charge in [0.1, 0.15) is 0 Å². The average Bonchev–Trinajstić information content (AvgIpc) is 2.92. The number of hydrogen-bond acceptors (Lipinski definition) is 1. The van der Waals surface area contributed by atoms with Gasteiger partial charge in [0, 0.05) is 13.2 Å². The summed E-state index contributed by atoms with van der Waals surface area (Å²) in [5.41, 5.74) is 0. The Morgan fingerprint density at radius 2 is 1.24 bits per heavy atom. The van der Waals surface area contributed by atoms with Gasteiger partial charge in [0.2, 0.25) is 0 Å². The molecule has 2 heteroatoms. The van der Waals surface area contributed by atoms with Gasteiger partial charge in [-0.15, -0.1) is 0 Å². The second-order valence-corrected chi connectivity index (χ2v) is 3.63. The molecule has 0 heterocycles. The number of ether oxygens (including phenoxy) is 1. The maximum absolute atomic E-state index is 4.83. The summed E-state index contributed by atoms with van der Waals surface area (Å²) >= 11 is 0. The molecule has 1 aromatic rings. The van der Waals surface area contributed by atoms with E-state index >= 15 is 0 Å². The Morgan fingerprint density at radius 1 is 0.824 bits per heavy atom. The molecule has 0 radical (unpaired) electrons. The molecule has 0 bridgehead atoms. The van der Waals surface area contributed by atoms with Crippen LogP contribution in [0.3, 0.4) is 0 Å². The van der Waals surface area contributed by atoms with Crippen molar-refractivity contribution >= 4 is 0 Å². The molecule has 17 heavy (non-hydrogen) atoms. The summed E-state index contributed by atoms with van der Waals surface area (Å²) in [6.07, 6.45) is 7.50. The number of rotatable bonds is 2. The Labute approximate surface area is 119 Å². The molecule has 1 nitrogen and oxygen atoms in total. The first-order valence-corrected chi connectivity index (χ1v) is 6.40. The van der Waals surface area contributed by atoms with Gasteiger partial charge in [-0.1, -0.05) is 32.1 Å². The summed E-state index contributed by atoms with van der Waals surface area (Å²) in [6, 6.07) is 12.5. The molecule has 1 aliphatic carbocycles. The third-order valence-electron chi connectivity index (χ3n) is 2.27. The van der Waals surface area contributed by atoms with Crippen LogP contribution < -0.4 is 18.9 Å². The van der Waals surface area contributed by atoms with Crippen molar-refractivity contribution < 1.29 is 23.6 Å². The standard InChI is InChI=1S/C6H5.C5H10.C4H10O.Li/c1-2-4-6-5-3-1;1-2-4-5-3-1;1-3-5-4-2;/h1-5H;1-5H2;3-4H2,1-2H3;/q-1;;;+1. The first-order valence-electron chi connectivity index (χ1n) is 6.40. The van der Waals surface area contributed by atoms with E-state index in [4.69, 9.17) is 4.74 Å². The molecule has 1 saturated carbocycles. The first kappa shape index (κ1) is 19.1. The van der Waals surface area contributed by atoms with Crippen LogP contribution in [0.4, 0.5) is 0 Å². The van der Waals surface area contributed by atoms with E-state index in [1.165, 1.54) is 32.1 Å². The summed E-state index contributed by atoms with van der Waals surface area (Å²) in [7, 11) is 0. The van der Waals surface area contributed by atoms with Crippen molar-refractivity contribution in [3.05, 3.63) is 36.4 Å². The normalized spacial score (nSPS) is 12.4. The molecule has 0 aromatic heterocycles. The second kappa shape index (κ2) is 18.2. The molecule has 2 rings (SSSR count). The Kier molecular flexibility index (Phi) is 20.4. The fraction of sp³-hybridized carbons (Fsp3) is 0.600. The predicted molar refractivity (Wildman–Crippen MR) is 70.5 cm³/mol. The van der Waals surface area contributed by atoms with Crippen LogP contribution in [0, 0.1) is 6.07 Å². The zero-order valence-corrected chi connectivity index (χ0v) is 11.7. The zero-order chi connectivity index (χ0) is 11.9. The molecule has 1 aromatic carbocycles. The zero-order valence-electron chi connectivity index (χ0n) is 11.7. The fourth-order valence-corrected chi connectivity index (χ4v) is 1.43. The van der Waals surface area contributed by atoms with Crippen LogP contribution in [-0.2, 0) is 4.74 Å². The van der Waals surface area contributed by atoms with E-state index < -0.39 is 0 Å². The summed E-state index contributed by atoms with van der Waals surface area (Å²) in [5, 5.41) is 0. The van der Waals surface area contributed by atoms with Gasteiger partial charge in [0.05, 0.1) is 0 Å². The van der Waals surface area contributed by atoms with E-state index in [2.05, 4.69) is 6.07 Å². The van der Waals surface area contributed by atoms with Crippen LogP contribution >= 0.6 is 0 Å². The predicted octanol–water partition coefficient (Wildman–Crippen LogP) is 1.48. The average molecular weight is 228 g/mol. The summed E-state index contributed by atoms with van der Waals surface area (Å²) in [6.45, 7) is 5.67. The summed E-state index contributed by atoms with van der Waals surface area (Å²) in [4.78, 5) is 0. The molecular weight excluding hydrogens is 203 g/mol. The van der Waals surface area contributed by atoms with E-state index in [1.807, 2.05) is 44.2 Å². The van der Waals surface area contributed by atoms with Crippen LogP contribution in [-0.4, -0.2) is 13.2 Å². The monoisotopic (exact) mass is 228 g/mol. The van der Waals surface area contributed by atoms with E-state index in [-0.39, 0.29) is 18.9 Å². The van der Waals surface area contributed by atoms with Crippen LogP contribution in [0.5, 0.6) is 0 Å². The molecule has 0 unspecified atom stereocenters. The molecule has 0 amide bonds. The minimum atomic E-state index is 0. The topological polar surface area (TPSA) is 9.23 Å². The van der Waals surface area contributed by atoms with Crippen molar-refractivity contribution in [1.82, 2.24) is 0 Å². The Bertz CT molecular complexity index is 161. The van der Waals surface area contributed by atoms with Crippen LogP contribution in [0.1, 0.15) is 46.0 Å². The third-order valence-corrected chi connectivity index (χ3v) is 2.27. The van der Waals surface area contributed by atoms with E-state index in [0.29, 0.717) is 0 Å². The fourth-order valence-electron chi connectivity index (χ4n) is 1.43. The maximum Gasteiger partial charge on any atom is 1.00 e. The van der Waals surface area contributed by atoms with Crippen molar-refractivity contribution in [2.24, 2.45) is 0 Å². The van der Waals surface area contributed by atoms with E-state index in [0.717, 1.165) is 13.2 Å². The largest absolute Gasteiger partial charge is 1.00 e. The minimum absolute atomic E-state index is 0. The molecular formula is C15H25LiO. The van der Waals surface area contributed by atoms with Gasteiger partial charge in [-0.25, -0.2) is 0 Å². The molecule has 1 fully saturated rings. The van der Waals surface area contributed by atoms with Gasteiger partial charge >= 0.3 is 18.9 Å². The van der Waals surface area contributed by atoms with Crippen molar-refractivity contribution in [3.63, 3.8) is 0 Å². The van der Waals surface area contributed by atoms with Crippen molar-refractivity contribution in [2.45, 2.75) is 46.0 Å². The Morgan fingerprint density at radius 3 is 1.35 bits per heavy atom. The molecule has 1 aliphatic rings. The third kappa shape index (κ3) is 18.3. The Balaban J connectivity index is 0. The molecule has 0 aliphatic heterocycles. The smallest absolute Gasteiger partial charge is 0.382 e. The Hall–Kier alpha value is -0.223. The van der Waals surface area contributed by atoms with Gasteiger partial charge in [-0.2, -0.15) is 36.4 Å². The van der Waals surface area contributed by atoms with Crippen molar-refractivity contribution in [1.29, 1.82) is 0 Å². The van der Waals surface area contributed by atoms with Crippen molar-refractivity contribution in [3.8, 4) is 0 Å². The molecule has 0 atom stereocenters. The quantitative estimate of drug-likeness (QED) is 0.550. The summed E-state index contributed by atoms with van der Waals surface area (Å²) < 4.78 is 4.83. The van der Waals surface area contributed by atoms with Gasteiger partial charge in [0.25, 0.3) is 0 Å². The molecule has 0 N–H and O–H groups in total. The van der Waals surface area contributed by atoms with Gasteiger partial charge < -0.3 is 4.74 Å².